The van der Waals surface area contributed by atoms with E-state index in [1.807, 2.05) is 57.5 Å². The van der Waals surface area contributed by atoms with Crippen LogP contribution in [0.15, 0.2) is 18.2 Å². The molecule has 7 nitrogen and oxygen atoms in total. The fourth-order valence-corrected chi connectivity index (χ4v) is 4.22. The third-order valence-electron chi connectivity index (χ3n) is 5.51. The summed E-state index contributed by atoms with van der Waals surface area (Å²) in [5, 5.41) is 13.5. The van der Waals surface area contributed by atoms with Crippen molar-refractivity contribution >= 4 is 22.8 Å². The zero-order valence-corrected chi connectivity index (χ0v) is 15.8. The summed E-state index contributed by atoms with van der Waals surface area (Å²) in [5.41, 5.74) is 9.53. The van der Waals surface area contributed by atoms with Gasteiger partial charge in [-0.05, 0) is 38.8 Å². The lowest BCUT2D eigenvalue weighted by atomic mass is 9.88. The maximum atomic E-state index is 13.0. The van der Waals surface area contributed by atoms with Crippen LogP contribution in [0.2, 0.25) is 0 Å². The molecule has 2 aromatic rings. The lowest BCUT2D eigenvalue weighted by molar-refractivity contribution is -0.141. The number of benzene rings is 1. The van der Waals surface area contributed by atoms with Crippen molar-refractivity contribution in [3.8, 4) is 0 Å². The maximum absolute atomic E-state index is 13.0. The molecular formula is C19H26N4O3. The van der Waals surface area contributed by atoms with Gasteiger partial charge in [-0.1, -0.05) is 18.2 Å². The fraction of sp³-hybridized carbons (Fsp3) is 0.474. The predicted molar refractivity (Wildman–Crippen MR) is 100.0 cm³/mol. The second kappa shape index (κ2) is 6.74. The molecule has 140 valence electrons. The van der Waals surface area contributed by atoms with E-state index in [-0.39, 0.29) is 23.9 Å². The number of aryl methyl sites for hydroxylation is 3. The molecule has 4 N–H and O–H groups in total. The number of carbonyl (C=O) groups is 2. The van der Waals surface area contributed by atoms with Crippen LogP contribution in [0.1, 0.15) is 35.5 Å². The molecule has 3 rings (SSSR count). The first kappa shape index (κ1) is 18.4. The van der Waals surface area contributed by atoms with Crippen LogP contribution in [0.25, 0.3) is 10.9 Å². The second-order valence-electron chi connectivity index (χ2n) is 7.24. The molecule has 7 heteroatoms. The highest BCUT2D eigenvalue weighted by atomic mass is 16.4. The second-order valence-corrected chi connectivity index (χ2v) is 7.24. The van der Waals surface area contributed by atoms with Crippen LogP contribution in [-0.4, -0.2) is 39.7 Å². The third kappa shape index (κ3) is 2.87. The summed E-state index contributed by atoms with van der Waals surface area (Å²) in [7, 11) is 1.84. The van der Waals surface area contributed by atoms with Gasteiger partial charge >= 0.3 is 5.97 Å². The lowest BCUT2D eigenvalue weighted by Gasteiger charge is -2.26. The van der Waals surface area contributed by atoms with E-state index >= 15 is 0 Å². The number of rotatable bonds is 4. The zero-order valence-electron chi connectivity index (χ0n) is 15.8. The van der Waals surface area contributed by atoms with Crippen molar-refractivity contribution in [2.24, 2.45) is 13.0 Å². The van der Waals surface area contributed by atoms with E-state index in [9.17, 15) is 14.7 Å². The van der Waals surface area contributed by atoms with Gasteiger partial charge in [0, 0.05) is 30.4 Å². The molecule has 3 atom stereocenters. The molecule has 0 spiro atoms. The smallest absolute Gasteiger partial charge is 0.326 e. The summed E-state index contributed by atoms with van der Waals surface area (Å²) < 4.78 is 1.85. The molecule has 0 radical (unpaired) electrons. The first-order valence-corrected chi connectivity index (χ1v) is 8.83. The van der Waals surface area contributed by atoms with Crippen molar-refractivity contribution in [1.29, 1.82) is 0 Å². The molecule has 0 saturated carbocycles. The average molecular weight is 358 g/mol. The quantitative estimate of drug-likeness (QED) is 0.664. The summed E-state index contributed by atoms with van der Waals surface area (Å²) >= 11 is 0. The Hall–Kier alpha value is -2.38. The van der Waals surface area contributed by atoms with Gasteiger partial charge in [-0.15, -0.1) is 0 Å². The van der Waals surface area contributed by atoms with Gasteiger partial charge in [0.25, 0.3) is 5.91 Å². The Morgan fingerprint density at radius 2 is 1.81 bits per heavy atom. The molecule has 1 fully saturated rings. The van der Waals surface area contributed by atoms with Crippen LogP contribution in [0.5, 0.6) is 0 Å². The van der Waals surface area contributed by atoms with E-state index in [4.69, 9.17) is 0 Å². The van der Waals surface area contributed by atoms with Crippen molar-refractivity contribution in [3.05, 3.63) is 35.0 Å². The molecule has 26 heavy (non-hydrogen) atoms. The molecule has 1 saturated heterocycles. The molecular weight excluding hydrogens is 332 g/mol. The lowest BCUT2D eigenvalue weighted by Crippen LogP contribution is -2.51. The minimum absolute atomic E-state index is 0.0674. The van der Waals surface area contributed by atoms with Crippen LogP contribution < -0.4 is 16.2 Å². The number of nitrogens with zero attached hydrogens (tertiary/aromatic N) is 1. The molecule has 1 aromatic heterocycles. The van der Waals surface area contributed by atoms with Gasteiger partial charge in [0.1, 0.15) is 11.7 Å². The van der Waals surface area contributed by atoms with E-state index < -0.39 is 12.0 Å². The van der Waals surface area contributed by atoms with Crippen LogP contribution in [0.3, 0.4) is 0 Å². The standard InChI is InChI=1S/C19H26N4O3/c1-9-7-6-8-13-10(2)17(23(5)16(9)13)18(24)20-15(19(25)26)14-11(3)21-22-12(14)4/h6-8,11-12,14-15,21-22H,1-5H3,(H,20,24)(H,25,26). The number of para-hydroxylation sites is 1. The summed E-state index contributed by atoms with van der Waals surface area (Å²) in [6, 6.07) is 4.84. The number of nitrogens with one attached hydrogen (secondary N) is 3. The summed E-state index contributed by atoms with van der Waals surface area (Å²) in [5.74, 6) is -1.65. The minimum Gasteiger partial charge on any atom is -0.480 e. The third-order valence-corrected chi connectivity index (χ3v) is 5.51. The Bertz CT molecular complexity index is 863. The monoisotopic (exact) mass is 358 g/mol. The predicted octanol–water partition coefficient (Wildman–Crippen LogP) is 1.48. The summed E-state index contributed by atoms with van der Waals surface area (Å²) in [4.78, 5) is 24.9. The Kier molecular flexibility index (Phi) is 4.77. The molecule has 0 aliphatic carbocycles. The Morgan fingerprint density at radius 1 is 1.19 bits per heavy atom. The SMILES string of the molecule is Cc1c(C(=O)NC(C(=O)O)C2C(C)NNC2C)n(C)c2c(C)cccc12. The highest BCUT2D eigenvalue weighted by Crippen LogP contribution is 2.27. The largest absolute Gasteiger partial charge is 0.480 e. The van der Waals surface area contributed by atoms with Gasteiger partial charge in [0.2, 0.25) is 0 Å². The van der Waals surface area contributed by atoms with Crippen LogP contribution in [0.4, 0.5) is 0 Å². The van der Waals surface area contributed by atoms with Crippen molar-refractivity contribution in [2.45, 2.75) is 45.8 Å². The van der Waals surface area contributed by atoms with E-state index in [1.165, 1.54) is 0 Å². The normalized spacial score (nSPS) is 24.0. The van der Waals surface area contributed by atoms with Crippen LogP contribution in [-0.2, 0) is 11.8 Å². The molecule has 1 amide bonds. The molecule has 1 aliphatic heterocycles. The highest BCUT2D eigenvalue weighted by molar-refractivity contribution is 6.03. The van der Waals surface area contributed by atoms with Gasteiger partial charge in [-0.2, -0.15) is 0 Å². The number of carbonyl (C=O) groups excluding carboxylic acids is 1. The molecule has 1 aliphatic rings. The van der Waals surface area contributed by atoms with Crippen molar-refractivity contribution in [2.75, 3.05) is 0 Å². The number of aromatic nitrogens is 1. The maximum Gasteiger partial charge on any atom is 0.326 e. The van der Waals surface area contributed by atoms with E-state index in [2.05, 4.69) is 16.2 Å². The number of hydrazine groups is 1. The molecule has 0 bridgehead atoms. The first-order valence-electron chi connectivity index (χ1n) is 8.83. The zero-order chi connectivity index (χ0) is 19.2. The van der Waals surface area contributed by atoms with Crippen LogP contribution in [0, 0.1) is 19.8 Å². The fourth-order valence-electron chi connectivity index (χ4n) is 4.22. The number of aliphatic carboxylic acids is 1. The number of carboxylic acids is 1. The topological polar surface area (TPSA) is 95.4 Å². The molecule has 3 unspecified atom stereocenters. The Labute approximate surface area is 152 Å². The van der Waals surface area contributed by atoms with E-state index in [1.54, 1.807) is 0 Å². The number of hydrogen-bond acceptors (Lipinski definition) is 4. The van der Waals surface area contributed by atoms with Gasteiger partial charge in [0.15, 0.2) is 0 Å². The highest BCUT2D eigenvalue weighted by Gasteiger charge is 2.41. The van der Waals surface area contributed by atoms with Gasteiger partial charge < -0.3 is 15.0 Å². The van der Waals surface area contributed by atoms with Crippen LogP contribution >= 0.6 is 0 Å². The van der Waals surface area contributed by atoms with E-state index in [0.29, 0.717) is 5.69 Å². The molecule has 2 heterocycles. The number of amides is 1. The molecule has 1 aromatic carbocycles. The van der Waals surface area contributed by atoms with Crippen molar-refractivity contribution < 1.29 is 14.7 Å². The average Bonchev–Trinajstić information content (AvgIpc) is 3.03. The number of fused-ring (bicyclic) bond motifs is 1. The minimum atomic E-state index is -1.03. The van der Waals surface area contributed by atoms with Gasteiger partial charge in [-0.25, -0.2) is 4.79 Å². The first-order chi connectivity index (χ1) is 12.2. The Balaban J connectivity index is 1.98. The van der Waals surface area contributed by atoms with Crippen molar-refractivity contribution in [1.82, 2.24) is 20.7 Å². The van der Waals surface area contributed by atoms with Crippen molar-refractivity contribution in [3.63, 3.8) is 0 Å². The van der Waals surface area contributed by atoms with Gasteiger partial charge in [0.05, 0.1) is 5.52 Å². The van der Waals surface area contributed by atoms with Gasteiger partial charge in [-0.3, -0.25) is 15.6 Å². The summed E-state index contributed by atoms with van der Waals surface area (Å²) in [6.45, 7) is 7.72. The van der Waals surface area contributed by atoms with E-state index in [0.717, 1.165) is 22.0 Å². The number of carboxylic acid groups (broad SMARTS) is 1. The Morgan fingerprint density at radius 3 is 2.35 bits per heavy atom. The number of hydrogen-bond donors (Lipinski definition) is 4. The summed E-state index contributed by atoms with van der Waals surface area (Å²) in [6.07, 6.45) is 0.